The average Bonchev–Trinajstić information content (AvgIpc) is 3.52. The molecule has 13 heteroatoms. The van der Waals surface area contributed by atoms with Crippen molar-refractivity contribution in [3.63, 3.8) is 0 Å². The minimum absolute atomic E-state index is 0.00211. The molecule has 2 aliphatic rings. The molecule has 0 bridgehead atoms. The summed E-state index contributed by atoms with van der Waals surface area (Å²) < 4.78 is 61.8. The number of carboxylic acids is 1. The van der Waals surface area contributed by atoms with Gasteiger partial charge in [0.1, 0.15) is 17.2 Å². The standard InChI is InChI=1S/C25H17F3N2O7S/c26-12-1-2-16-11(20(12)28)7-35-18-6-15(13(27)5-17(18)37-10-25(3-4-25)9-36-16)30-22(31)19-14(29-24(30)34)8-38-21(19)23(32)33/h1-2,5-6,8H,3-4,7,9-10H2,(H,29,34)(H,32,33). The van der Waals surface area contributed by atoms with Crippen LogP contribution in [-0.2, 0) is 6.61 Å². The van der Waals surface area contributed by atoms with E-state index in [9.17, 15) is 28.3 Å². The Bertz CT molecular complexity index is 1760. The number of aromatic amines is 1. The summed E-state index contributed by atoms with van der Waals surface area (Å²) in [4.78, 5) is 39.6. The molecule has 1 aliphatic carbocycles. The number of aromatic carboxylic acids is 1. The molecule has 0 atom stereocenters. The summed E-state index contributed by atoms with van der Waals surface area (Å²) in [6.45, 7) is -0.256. The molecule has 6 rings (SSSR count). The highest BCUT2D eigenvalue weighted by Crippen LogP contribution is 2.47. The Balaban J connectivity index is 1.51. The Morgan fingerprint density at radius 2 is 1.71 bits per heavy atom. The molecule has 38 heavy (non-hydrogen) atoms. The Morgan fingerprint density at radius 3 is 2.42 bits per heavy atom. The summed E-state index contributed by atoms with van der Waals surface area (Å²) in [7, 11) is 0. The number of fused-ring (bicyclic) bond motifs is 3. The fraction of sp³-hybridized carbons (Fsp3) is 0.240. The first-order chi connectivity index (χ1) is 18.2. The van der Waals surface area contributed by atoms with E-state index in [1.165, 1.54) is 11.4 Å². The fourth-order valence-electron chi connectivity index (χ4n) is 4.30. The number of H-pyrrole nitrogens is 1. The van der Waals surface area contributed by atoms with Gasteiger partial charge in [0.05, 0.1) is 35.4 Å². The molecule has 9 nitrogen and oxygen atoms in total. The van der Waals surface area contributed by atoms with E-state index in [0.29, 0.717) is 4.57 Å². The van der Waals surface area contributed by atoms with Crippen molar-refractivity contribution in [2.24, 2.45) is 5.41 Å². The molecular formula is C25H17F3N2O7S. The minimum atomic E-state index is -1.39. The maximum Gasteiger partial charge on any atom is 0.346 e. The van der Waals surface area contributed by atoms with E-state index in [2.05, 4.69) is 4.98 Å². The smallest absolute Gasteiger partial charge is 0.346 e. The van der Waals surface area contributed by atoms with Gasteiger partial charge in [0.15, 0.2) is 29.0 Å². The largest absolute Gasteiger partial charge is 0.492 e. The van der Waals surface area contributed by atoms with Gasteiger partial charge in [0, 0.05) is 22.9 Å². The molecule has 0 unspecified atom stereocenters. The van der Waals surface area contributed by atoms with Crippen LogP contribution in [0.25, 0.3) is 16.6 Å². The van der Waals surface area contributed by atoms with Crippen LogP contribution in [0, 0.1) is 22.9 Å². The highest BCUT2D eigenvalue weighted by atomic mass is 32.1. The number of nitrogens with one attached hydrogen (secondary N) is 1. The van der Waals surface area contributed by atoms with E-state index in [4.69, 9.17) is 14.2 Å². The average molecular weight is 546 g/mol. The number of aromatic nitrogens is 2. The van der Waals surface area contributed by atoms with Gasteiger partial charge >= 0.3 is 11.7 Å². The summed E-state index contributed by atoms with van der Waals surface area (Å²) in [6.07, 6.45) is 1.47. The number of ether oxygens (including phenoxy) is 3. The van der Waals surface area contributed by atoms with Gasteiger partial charge in [0.25, 0.3) is 5.56 Å². The molecule has 2 aromatic heterocycles. The molecule has 1 saturated carbocycles. The first-order valence-electron chi connectivity index (χ1n) is 11.4. The van der Waals surface area contributed by atoms with Crippen LogP contribution < -0.4 is 25.5 Å². The molecular weight excluding hydrogens is 529 g/mol. The van der Waals surface area contributed by atoms with Gasteiger partial charge in [-0.25, -0.2) is 27.3 Å². The quantitative estimate of drug-likeness (QED) is 0.390. The summed E-state index contributed by atoms with van der Waals surface area (Å²) in [5, 5.41) is 10.4. The van der Waals surface area contributed by atoms with Gasteiger partial charge in [-0.05, 0) is 25.0 Å². The van der Waals surface area contributed by atoms with Crippen LogP contribution in [-0.4, -0.2) is 33.8 Å². The first kappa shape index (κ1) is 24.1. The van der Waals surface area contributed by atoms with E-state index in [-0.39, 0.29) is 51.8 Å². The van der Waals surface area contributed by atoms with Gasteiger partial charge in [0.2, 0.25) is 0 Å². The van der Waals surface area contributed by atoms with Gasteiger partial charge in [-0.3, -0.25) is 4.79 Å². The second-order valence-corrected chi connectivity index (χ2v) is 10.1. The highest BCUT2D eigenvalue weighted by molar-refractivity contribution is 7.13. The molecule has 196 valence electrons. The Morgan fingerprint density at radius 1 is 1.00 bits per heavy atom. The van der Waals surface area contributed by atoms with E-state index < -0.39 is 52.4 Å². The topological polar surface area (TPSA) is 120 Å². The maximum absolute atomic E-state index is 15.4. The van der Waals surface area contributed by atoms with Crippen LogP contribution in [0.1, 0.15) is 28.1 Å². The van der Waals surface area contributed by atoms with Crippen molar-refractivity contribution in [1.29, 1.82) is 0 Å². The maximum atomic E-state index is 15.4. The number of carboxylic acid groups (broad SMARTS) is 1. The number of rotatable bonds is 2. The number of hydrogen-bond donors (Lipinski definition) is 2. The van der Waals surface area contributed by atoms with E-state index in [0.717, 1.165) is 42.4 Å². The molecule has 3 heterocycles. The molecule has 1 fully saturated rings. The van der Waals surface area contributed by atoms with Crippen molar-refractivity contribution in [2.45, 2.75) is 19.4 Å². The highest BCUT2D eigenvalue weighted by Gasteiger charge is 2.45. The third kappa shape index (κ3) is 3.90. The third-order valence-electron chi connectivity index (χ3n) is 6.65. The SMILES string of the molecule is O=C(O)c1scc2[nH]c(=O)n(-c3cc4c(cc3F)OCC3(CC3)COc3ccc(F)c(F)c3CO4)c(=O)c12. The van der Waals surface area contributed by atoms with Crippen LogP contribution >= 0.6 is 11.3 Å². The van der Waals surface area contributed by atoms with Gasteiger partial charge in [-0.1, -0.05) is 0 Å². The zero-order valence-corrected chi connectivity index (χ0v) is 20.1. The normalized spacial score (nSPS) is 16.0. The lowest BCUT2D eigenvalue weighted by atomic mass is 10.1. The first-order valence-corrected chi connectivity index (χ1v) is 12.2. The fourth-order valence-corrected chi connectivity index (χ4v) is 5.13. The zero-order valence-electron chi connectivity index (χ0n) is 19.3. The lowest BCUT2D eigenvalue weighted by Gasteiger charge is -2.18. The zero-order chi connectivity index (χ0) is 26.8. The van der Waals surface area contributed by atoms with Crippen LogP contribution in [0.5, 0.6) is 17.2 Å². The number of hydrogen-bond acceptors (Lipinski definition) is 7. The Hall–Kier alpha value is -4.26. The number of carbonyl (C=O) groups is 1. The second-order valence-electron chi connectivity index (χ2n) is 9.18. The van der Waals surface area contributed by atoms with E-state index >= 15 is 4.39 Å². The lowest BCUT2D eigenvalue weighted by molar-refractivity contribution is 0.0704. The van der Waals surface area contributed by atoms with Crippen LogP contribution in [0.15, 0.2) is 39.2 Å². The molecule has 1 spiro atoms. The van der Waals surface area contributed by atoms with Crippen molar-refractivity contribution in [3.05, 3.63) is 78.4 Å². The number of halogens is 3. The van der Waals surface area contributed by atoms with Crippen molar-refractivity contribution >= 4 is 28.2 Å². The van der Waals surface area contributed by atoms with E-state index in [1.807, 2.05) is 0 Å². The predicted octanol–water partition coefficient (Wildman–Crippen LogP) is 3.99. The molecule has 1 aliphatic heterocycles. The summed E-state index contributed by atoms with van der Waals surface area (Å²) in [5.41, 5.74) is -3.24. The second kappa shape index (κ2) is 8.65. The van der Waals surface area contributed by atoms with Crippen LogP contribution in [0.4, 0.5) is 13.2 Å². The predicted molar refractivity (Wildman–Crippen MR) is 128 cm³/mol. The molecule has 2 N–H and O–H groups in total. The minimum Gasteiger partial charge on any atom is -0.492 e. The van der Waals surface area contributed by atoms with E-state index in [1.54, 1.807) is 0 Å². The van der Waals surface area contributed by atoms with Gasteiger partial charge in [-0.2, -0.15) is 0 Å². The number of thiophene rings is 1. The molecule has 0 radical (unpaired) electrons. The molecule has 0 amide bonds. The van der Waals surface area contributed by atoms with Crippen molar-refractivity contribution in [3.8, 4) is 22.9 Å². The summed E-state index contributed by atoms with van der Waals surface area (Å²) in [5.74, 6) is -4.84. The number of benzene rings is 2. The Kier molecular flexibility index (Phi) is 5.49. The van der Waals surface area contributed by atoms with Crippen molar-refractivity contribution < 1.29 is 37.3 Å². The lowest BCUT2D eigenvalue weighted by Crippen LogP contribution is -2.34. The van der Waals surface area contributed by atoms with Crippen molar-refractivity contribution in [1.82, 2.24) is 9.55 Å². The molecule has 2 aromatic carbocycles. The Labute approximate surface area is 214 Å². The number of nitrogens with zero attached hydrogens (tertiary/aromatic N) is 1. The summed E-state index contributed by atoms with van der Waals surface area (Å²) >= 11 is 0.738. The van der Waals surface area contributed by atoms with Crippen molar-refractivity contribution in [2.75, 3.05) is 13.2 Å². The monoisotopic (exact) mass is 546 g/mol. The van der Waals surface area contributed by atoms with Crippen LogP contribution in [0.3, 0.4) is 0 Å². The molecule has 4 aromatic rings. The molecule has 0 saturated heterocycles. The van der Waals surface area contributed by atoms with Gasteiger partial charge < -0.3 is 24.3 Å². The third-order valence-corrected chi connectivity index (χ3v) is 7.62. The van der Waals surface area contributed by atoms with Gasteiger partial charge in [-0.15, -0.1) is 11.3 Å². The summed E-state index contributed by atoms with van der Waals surface area (Å²) in [6, 6.07) is 4.17. The van der Waals surface area contributed by atoms with Crippen LogP contribution in [0.2, 0.25) is 0 Å².